The Balaban J connectivity index is 2.04. The molecule has 2 aromatic heterocycles. The Morgan fingerprint density at radius 2 is 2.38 bits per heavy atom. The van der Waals surface area contributed by atoms with E-state index in [9.17, 15) is 0 Å². The molecular formula is C8H9N3S2. The van der Waals surface area contributed by atoms with E-state index in [0.717, 1.165) is 5.13 Å². The van der Waals surface area contributed by atoms with Crippen LogP contribution < -0.4 is 5.32 Å². The fourth-order valence-electron chi connectivity index (χ4n) is 1.03. The lowest BCUT2D eigenvalue weighted by Crippen LogP contribution is -2.04. The summed E-state index contributed by atoms with van der Waals surface area (Å²) in [6.45, 7) is 2.12. The van der Waals surface area contributed by atoms with Crippen molar-refractivity contribution in [3.8, 4) is 0 Å². The van der Waals surface area contributed by atoms with Crippen LogP contribution >= 0.6 is 22.7 Å². The van der Waals surface area contributed by atoms with Crippen molar-refractivity contribution in [1.29, 1.82) is 0 Å². The summed E-state index contributed by atoms with van der Waals surface area (Å²) in [6.07, 6.45) is 0. The Hall–Kier alpha value is -0.940. The summed E-state index contributed by atoms with van der Waals surface area (Å²) in [7, 11) is 0. The Morgan fingerprint density at radius 3 is 3.00 bits per heavy atom. The highest BCUT2D eigenvalue weighted by atomic mass is 32.1. The predicted molar refractivity (Wildman–Crippen MR) is 56.3 cm³/mol. The largest absolute Gasteiger partial charge is 0.353 e. The SMILES string of the molecule is CC(Nc1nncs1)c1cccs1. The molecule has 1 unspecified atom stereocenters. The topological polar surface area (TPSA) is 37.8 Å². The fraction of sp³-hybridized carbons (Fsp3) is 0.250. The van der Waals surface area contributed by atoms with Crippen LogP contribution in [0.1, 0.15) is 17.8 Å². The van der Waals surface area contributed by atoms with E-state index in [1.54, 1.807) is 16.8 Å². The molecule has 3 nitrogen and oxygen atoms in total. The van der Waals surface area contributed by atoms with E-state index in [0.29, 0.717) is 6.04 Å². The van der Waals surface area contributed by atoms with E-state index in [4.69, 9.17) is 0 Å². The van der Waals surface area contributed by atoms with Gasteiger partial charge in [-0.2, -0.15) is 0 Å². The van der Waals surface area contributed by atoms with Crippen LogP contribution in [0, 0.1) is 0 Å². The first-order chi connectivity index (χ1) is 6.36. The quantitative estimate of drug-likeness (QED) is 0.848. The molecule has 0 spiro atoms. The number of nitrogens with one attached hydrogen (secondary N) is 1. The minimum Gasteiger partial charge on any atom is -0.353 e. The van der Waals surface area contributed by atoms with Crippen molar-refractivity contribution in [3.63, 3.8) is 0 Å². The Bertz CT molecular complexity index is 341. The Morgan fingerprint density at radius 1 is 1.46 bits per heavy atom. The number of aromatic nitrogens is 2. The van der Waals surface area contributed by atoms with Gasteiger partial charge in [-0.25, -0.2) is 0 Å². The minimum absolute atomic E-state index is 0.313. The summed E-state index contributed by atoms with van der Waals surface area (Å²) in [4.78, 5) is 1.32. The molecule has 0 amide bonds. The van der Waals surface area contributed by atoms with E-state index >= 15 is 0 Å². The molecule has 2 aromatic rings. The second kappa shape index (κ2) is 3.85. The van der Waals surface area contributed by atoms with Crippen LogP contribution in [0.25, 0.3) is 0 Å². The van der Waals surface area contributed by atoms with Gasteiger partial charge < -0.3 is 5.32 Å². The molecule has 0 bridgehead atoms. The molecule has 13 heavy (non-hydrogen) atoms. The van der Waals surface area contributed by atoms with Crippen LogP contribution in [0.3, 0.4) is 0 Å². The van der Waals surface area contributed by atoms with Gasteiger partial charge in [-0.1, -0.05) is 17.4 Å². The minimum atomic E-state index is 0.313. The molecule has 2 rings (SSSR count). The first-order valence-electron chi connectivity index (χ1n) is 3.92. The maximum Gasteiger partial charge on any atom is 0.205 e. The Kier molecular flexibility index (Phi) is 2.56. The molecule has 0 aromatic carbocycles. The highest BCUT2D eigenvalue weighted by molar-refractivity contribution is 7.13. The number of anilines is 1. The van der Waals surface area contributed by atoms with Gasteiger partial charge in [0, 0.05) is 4.88 Å². The molecule has 0 saturated heterocycles. The summed E-state index contributed by atoms with van der Waals surface area (Å²) in [5.41, 5.74) is 1.73. The van der Waals surface area contributed by atoms with E-state index in [-0.39, 0.29) is 0 Å². The van der Waals surface area contributed by atoms with Crippen molar-refractivity contribution < 1.29 is 0 Å². The van der Waals surface area contributed by atoms with Gasteiger partial charge in [0.15, 0.2) is 0 Å². The summed E-state index contributed by atoms with van der Waals surface area (Å²) in [5.74, 6) is 0. The van der Waals surface area contributed by atoms with Crippen molar-refractivity contribution in [2.75, 3.05) is 5.32 Å². The van der Waals surface area contributed by atoms with Gasteiger partial charge in [0.05, 0.1) is 6.04 Å². The molecule has 0 aliphatic heterocycles. The van der Waals surface area contributed by atoms with E-state index in [1.807, 2.05) is 0 Å². The lowest BCUT2D eigenvalue weighted by atomic mass is 10.3. The van der Waals surface area contributed by atoms with Gasteiger partial charge >= 0.3 is 0 Å². The van der Waals surface area contributed by atoms with Crippen LogP contribution in [-0.4, -0.2) is 10.2 Å². The number of hydrogen-bond acceptors (Lipinski definition) is 5. The lowest BCUT2D eigenvalue weighted by molar-refractivity contribution is 0.894. The average Bonchev–Trinajstić information content (AvgIpc) is 2.74. The van der Waals surface area contributed by atoms with Crippen molar-refractivity contribution in [2.24, 2.45) is 0 Å². The molecule has 0 saturated carbocycles. The van der Waals surface area contributed by atoms with Gasteiger partial charge in [-0.05, 0) is 18.4 Å². The molecule has 1 N–H and O–H groups in total. The molecule has 2 heterocycles. The number of hydrogen-bond donors (Lipinski definition) is 1. The second-order valence-corrected chi connectivity index (χ2v) is 4.44. The molecule has 5 heteroatoms. The molecule has 0 aliphatic carbocycles. The molecule has 0 fully saturated rings. The lowest BCUT2D eigenvalue weighted by Gasteiger charge is -2.09. The molecule has 0 radical (unpaired) electrons. The molecule has 0 aliphatic rings. The van der Waals surface area contributed by atoms with Crippen molar-refractivity contribution >= 4 is 27.8 Å². The van der Waals surface area contributed by atoms with Gasteiger partial charge in [0.25, 0.3) is 0 Å². The second-order valence-electron chi connectivity index (χ2n) is 2.63. The maximum absolute atomic E-state index is 3.93. The van der Waals surface area contributed by atoms with E-state index in [1.165, 1.54) is 16.2 Å². The van der Waals surface area contributed by atoms with Crippen molar-refractivity contribution in [3.05, 3.63) is 27.9 Å². The molecular weight excluding hydrogens is 202 g/mol. The normalized spacial score (nSPS) is 12.7. The van der Waals surface area contributed by atoms with E-state index < -0.39 is 0 Å². The number of rotatable bonds is 3. The van der Waals surface area contributed by atoms with Crippen LogP contribution in [0.5, 0.6) is 0 Å². The van der Waals surface area contributed by atoms with E-state index in [2.05, 4.69) is 40.0 Å². The zero-order valence-electron chi connectivity index (χ0n) is 7.10. The zero-order chi connectivity index (χ0) is 9.10. The summed E-state index contributed by atoms with van der Waals surface area (Å²) in [6, 6.07) is 4.48. The van der Waals surface area contributed by atoms with Gasteiger partial charge in [-0.15, -0.1) is 21.5 Å². The third-order valence-electron chi connectivity index (χ3n) is 1.67. The highest BCUT2D eigenvalue weighted by Crippen LogP contribution is 2.23. The van der Waals surface area contributed by atoms with Crippen molar-refractivity contribution in [2.45, 2.75) is 13.0 Å². The van der Waals surface area contributed by atoms with Gasteiger partial charge in [-0.3, -0.25) is 0 Å². The summed E-state index contributed by atoms with van der Waals surface area (Å²) in [5, 5.41) is 13.9. The van der Waals surface area contributed by atoms with Gasteiger partial charge in [0.2, 0.25) is 5.13 Å². The van der Waals surface area contributed by atoms with Gasteiger partial charge in [0.1, 0.15) is 5.51 Å². The number of nitrogens with zero attached hydrogens (tertiary/aromatic N) is 2. The highest BCUT2D eigenvalue weighted by Gasteiger charge is 2.06. The Labute approximate surface area is 84.5 Å². The third kappa shape index (κ3) is 2.05. The summed E-state index contributed by atoms with van der Waals surface area (Å²) < 4.78 is 0. The molecule has 68 valence electrons. The zero-order valence-corrected chi connectivity index (χ0v) is 8.73. The standard InChI is InChI=1S/C8H9N3S2/c1-6(7-3-2-4-12-7)10-8-11-9-5-13-8/h2-6H,1H3,(H,10,11). The fourth-order valence-corrected chi connectivity index (χ4v) is 2.30. The van der Waals surface area contributed by atoms with Crippen molar-refractivity contribution in [1.82, 2.24) is 10.2 Å². The monoisotopic (exact) mass is 211 g/mol. The average molecular weight is 211 g/mol. The van der Waals surface area contributed by atoms with Crippen LogP contribution in [0.2, 0.25) is 0 Å². The first-order valence-corrected chi connectivity index (χ1v) is 5.68. The van der Waals surface area contributed by atoms with Crippen LogP contribution in [-0.2, 0) is 0 Å². The van der Waals surface area contributed by atoms with Crippen LogP contribution in [0.15, 0.2) is 23.0 Å². The molecule has 1 atom stereocenters. The summed E-state index contributed by atoms with van der Waals surface area (Å²) >= 11 is 3.27. The first kappa shape index (κ1) is 8.65. The third-order valence-corrected chi connectivity index (χ3v) is 3.35. The number of thiophene rings is 1. The predicted octanol–water partition coefficient (Wildman–Crippen LogP) is 2.77. The van der Waals surface area contributed by atoms with Crippen LogP contribution in [0.4, 0.5) is 5.13 Å². The smallest absolute Gasteiger partial charge is 0.205 e. The maximum atomic E-state index is 3.93.